The molecular weight excluding hydrogens is 408 g/mol. The van der Waals surface area contributed by atoms with Crippen LogP contribution in [0, 0.1) is 0 Å². The minimum Gasteiger partial charge on any atom is -0.491 e. The van der Waals surface area contributed by atoms with Gasteiger partial charge in [0, 0.05) is 31.0 Å². The lowest BCUT2D eigenvalue weighted by atomic mass is 10.1. The first-order valence-electron chi connectivity index (χ1n) is 10.0. The summed E-state index contributed by atoms with van der Waals surface area (Å²) >= 11 is 0. The van der Waals surface area contributed by atoms with Gasteiger partial charge >= 0.3 is 0 Å². The second kappa shape index (κ2) is 8.90. The maximum atomic E-state index is 5.63. The van der Waals surface area contributed by atoms with Crippen LogP contribution in [0.5, 0.6) is 5.75 Å². The molecule has 1 N–H and O–H groups in total. The number of nitrogens with zero attached hydrogens (tertiary/aromatic N) is 7. The summed E-state index contributed by atoms with van der Waals surface area (Å²) in [6.45, 7) is 1.49. The van der Waals surface area contributed by atoms with Crippen LogP contribution in [0.1, 0.15) is 5.56 Å². The highest BCUT2D eigenvalue weighted by molar-refractivity contribution is 5.79. The molecule has 0 radical (unpaired) electrons. The summed E-state index contributed by atoms with van der Waals surface area (Å²) in [6, 6.07) is 13.6. The summed E-state index contributed by atoms with van der Waals surface area (Å²) in [7, 11) is 1.63. The topological polar surface area (TPSA) is 113 Å². The molecule has 10 nitrogen and oxygen atoms in total. The normalized spacial score (nSPS) is 11.2. The van der Waals surface area contributed by atoms with Crippen LogP contribution in [0.25, 0.3) is 22.2 Å². The van der Waals surface area contributed by atoms with E-state index < -0.39 is 0 Å². The van der Waals surface area contributed by atoms with Gasteiger partial charge in [0.25, 0.3) is 0 Å². The van der Waals surface area contributed by atoms with Gasteiger partial charge in [-0.15, -0.1) is 5.10 Å². The van der Waals surface area contributed by atoms with Gasteiger partial charge < -0.3 is 14.8 Å². The Hall–Kier alpha value is -4.18. The van der Waals surface area contributed by atoms with Crippen LogP contribution < -0.4 is 10.1 Å². The van der Waals surface area contributed by atoms with Gasteiger partial charge in [0.15, 0.2) is 11.5 Å². The van der Waals surface area contributed by atoms with Crippen molar-refractivity contribution in [3.63, 3.8) is 0 Å². The molecule has 0 bridgehead atoms. The van der Waals surface area contributed by atoms with Crippen molar-refractivity contribution in [3.8, 4) is 5.75 Å². The van der Waals surface area contributed by atoms with Crippen molar-refractivity contribution in [3.05, 3.63) is 66.6 Å². The average Bonchev–Trinajstić information content (AvgIpc) is 3.21. The molecule has 5 aromatic rings. The summed E-state index contributed by atoms with van der Waals surface area (Å²) in [5.41, 5.74) is 3.07. The van der Waals surface area contributed by atoms with Gasteiger partial charge in [0.1, 0.15) is 18.2 Å². The molecule has 0 unspecified atom stereocenters. The van der Waals surface area contributed by atoms with Crippen LogP contribution in [0.2, 0.25) is 0 Å². The Bertz CT molecular complexity index is 1370. The Morgan fingerprint density at radius 2 is 1.94 bits per heavy atom. The predicted molar refractivity (Wildman–Crippen MR) is 119 cm³/mol. The molecular formula is C22H20N8O2. The van der Waals surface area contributed by atoms with E-state index in [1.807, 2.05) is 24.3 Å². The van der Waals surface area contributed by atoms with Gasteiger partial charge in [-0.05, 0) is 29.8 Å². The van der Waals surface area contributed by atoms with E-state index >= 15 is 0 Å². The van der Waals surface area contributed by atoms with Crippen molar-refractivity contribution >= 4 is 33.8 Å². The maximum absolute atomic E-state index is 5.63. The van der Waals surface area contributed by atoms with Crippen LogP contribution in [-0.2, 0) is 11.3 Å². The predicted octanol–water partition coefficient (Wildman–Crippen LogP) is 2.98. The van der Waals surface area contributed by atoms with Gasteiger partial charge in [-0.1, -0.05) is 17.3 Å². The number of pyridine rings is 2. The number of anilines is 2. The summed E-state index contributed by atoms with van der Waals surface area (Å²) < 4.78 is 12.4. The lowest BCUT2D eigenvalue weighted by Gasteiger charge is -2.08. The molecule has 10 heteroatoms. The van der Waals surface area contributed by atoms with E-state index in [0.717, 1.165) is 16.5 Å². The van der Waals surface area contributed by atoms with Crippen LogP contribution in [0.15, 0.2) is 61.1 Å². The quantitative estimate of drug-likeness (QED) is 0.373. The minimum atomic E-state index is 0.460. The molecule has 4 heterocycles. The molecule has 1 aromatic carbocycles. The molecule has 0 aliphatic carbocycles. The first-order valence-corrected chi connectivity index (χ1v) is 10.0. The van der Waals surface area contributed by atoms with Crippen molar-refractivity contribution < 1.29 is 9.47 Å². The fourth-order valence-corrected chi connectivity index (χ4v) is 3.26. The van der Waals surface area contributed by atoms with E-state index in [0.29, 0.717) is 48.4 Å². The van der Waals surface area contributed by atoms with Gasteiger partial charge in [-0.25, -0.2) is 19.6 Å². The highest BCUT2D eigenvalue weighted by Gasteiger charge is 2.11. The number of hydrogen-bond acceptors (Lipinski definition) is 9. The Labute approximate surface area is 183 Å². The van der Waals surface area contributed by atoms with Crippen LogP contribution in [0.3, 0.4) is 0 Å². The van der Waals surface area contributed by atoms with Gasteiger partial charge in [0.2, 0.25) is 5.65 Å². The van der Waals surface area contributed by atoms with Gasteiger partial charge in [0.05, 0.1) is 24.9 Å². The van der Waals surface area contributed by atoms with Crippen LogP contribution >= 0.6 is 0 Å². The largest absolute Gasteiger partial charge is 0.491 e. The standard InChI is InChI=1S/C22H20N8O2/c1-31-9-10-32-17-6-8-24-19(12-17)26-20-13-25-21-22(27-20)30(29-28-21)14-15-4-5-18-16(11-15)3-2-7-23-18/h2-8,11-13H,9-10,14H2,1H3,(H,24,26,27). The third kappa shape index (κ3) is 4.30. The Kier molecular flexibility index (Phi) is 5.50. The van der Waals surface area contributed by atoms with E-state index in [1.54, 1.807) is 42.5 Å². The fraction of sp³-hybridized carbons (Fsp3) is 0.182. The van der Waals surface area contributed by atoms with Crippen molar-refractivity contribution in [2.75, 3.05) is 25.6 Å². The number of hydrogen-bond donors (Lipinski definition) is 1. The Morgan fingerprint density at radius 1 is 0.969 bits per heavy atom. The first-order chi connectivity index (χ1) is 15.8. The molecule has 32 heavy (non-hydrogen) atoms. The number of fused-ring (bicyclic) bond motifs is 2. The van der Waals surface area contributed by atoms with Crippen molar-refractivity contribution in [1.82, 2.24) is 34.9 Å². The Morgan fingerprint density at radius 3 is 2.88 bits per heavy atom. The van der Waals surface area contributed by atoms with Crippen molar-refractivity contribution in [2.24, 2.45) is 0 Å². The second-order valence-electron chi connectivity index (χ2n) is 7.02. The molecule has 5 rings (SSSR count). The summed E-state index contributed by atoms with van der Waals surface area (Å²) in [6.07, 6.45) is 5.05. The zero-order valence-electron chi connectivity index (χ0n) is 17.3. The molecule has 0 amide bonds. The maximum Gasteiger partial charge on any atom is 0.221 e. The highest BCUT2D eigenvalue weighted by atomic mass is 16.5. The second-order valence-corrected chi connectivity index (χ2v) is 7.02. The lowest BCUT2D eigenvalue weighted by molar-refractivity contribution is 0.146. The third-order valence-electron chi connectivity index (χ3n) is 4.77. The SMILES string of the molecule is COCCOc1ccnc(Nc2cnc3nnn(Cc4ccc5ncccc5c4)c3n2)c1. The third-order valence-corrected chi connectivity index (χ3v) is 4.77. The molecule has 0 atom stereocenters. The molecule has 4 aromatic heterocycles. The average molecular weight is 428 g/mol. The monoisotopic (exact) mass is 428 g/mol. The van der Waals surface area contributed by atoms with Crippen LogP contribution in [-0.4, -0.2) is 55.3 Å². The van der Waals surface area contributed by atoms with Gasteiger partial charge in [-0.3, -0.25) is 4.98 Å². The molecule has 0 spiro atoms. The van der Waals surface area contributed by atoms with E-state index in [-0.39, 0.29) is 0 Å². The molecule has 0 saturated carbocycles. The van der Waals surface area contributed by atoms with E-state index in [1.165, 1.54) is 0 Å². The number of benzene rings is 1. The van der Waals surface area contributed by atoms with E-state index in [2.05, 4.69) is 41.6 Å². The smallest absolute Gasteiger partial charge is 0.221 e. The molecule has 0 aliphatic rings. The molecule has 0 fully saturated rings. The zero-order valence-corrected chi connectivity index (χ0v) is 17.3. The zero-order chi connectivity index (χ0) is 21.8. The van der Waals surface area contributed by atoms with E-state index in [9.17, 15) is 0 Å². The fourth-order valence-electron chi connectivity index (χ4n) is 3.26. The van der Waals surface area contributed by atoms with Gasteiger partial charge in [-0.2, -0.15) is 0 Å². The van der Waals surface area contributed by atoms with Crippen LogP contribution in [0.4, 0.5) is 11.6 Å². The summed E-state index contributed by atoms with van der Waals surface area (Å²) in [4.78, 5) is 17.7. The molecule has 0 saturated heterocycles. The number of aromatic nitrogens is 7. The number of rotatable bonds is 8. The van der Waals surface area contributed by atoms with Crippen molar-refractivity contribution in [2.45, 2.75) is 6.54 Å². The number of ether oxygens (including phenoxy) is 2. The van der Waals surface area contributed by atoms with Crippen molar-refractivity contribution in [1.29, 1.82) is 0 Å². The molecule has 0 aliphatic heterocycles. The summed E-state index contributed by atoms with van der Waals surface area (Å²) in [5.74, 6) is 1.81. The first kappa shape index (κ1) is 19.8. The number of methoxy groups -OCH3 is 1. The van der Waals surface area contributed by atoms with E-state index in [4.69, 9.17) is 9.47 Å². The Balaban J connectivity index is 1.37. The highest BCUT2D eigenvalue weighted by Crippen LogP contribution is 2.20. The summed E-state index contributed by atoms with van der Waals surface area (Å²) in [5, 5.41) is 12.6. The molecule has 160 valence electrons. The number of nitrogens with one attached hydrogen (secondary N) is 1. The lowest BCUT2D eigenvalue weighted by Crippen LogP contribution is -2.06. The minimum absolute atomic E-state index is 0.460.